The summed E-state index contributed by atoms with van der Waals surface area (Å²) >= 11 is 4.63. The second-order valence-electron chi connectivity index (χ2n) is 5.95. The Morgan fingerprint density at radius 1 is 1.08 bits per heavy atom. The molecule has 3 rings (SSSR count). The van der Waals surface area contributed by atoms with Crippen molar-refractivity contribution in [1.29, 1.82) is 0 Å². The molecule has 2 amide bonds. The highest BCUT2D eigenvalue weighted by atomic mass is 79.9. The van der Waals surface area contributed by atoms with E-state index in [1.807, 2.05) is 54.1 Å². The molecule has 0 bridgehead atoms. The highest BCUT2D eigenvalue weighted by Gasteiger charge is 2.20. The molecular formula is C19H18BrN3O2S. The molecule has 1 heterocycles. The molecule has 7 heteroatoms. The Morgan fingerprint density at radius 3 is 2.42 bits per heavy atom. The Balaban J connectivity index is 1.94. The zero-order chi connectivity index (χ0) is 18.8. The van der Waals surface area contributed by atoms with Crippen molar-refractivity contribution in [2.75, 3.05) is 19.4 Å². The molecule has 0 saturated carbocycles. The number of nitrogens with one attached hydrogen (secondary N) is 1. The number of aromatic nitrogens is 1. The van der Waals surface area contributed by atoms with Crippen LogP contribution in [0, 0.1) is 0 Å². The maximum atomic E-state index is 12.9. The van der Waals surface area contributed by atoms with Gasteiger partial charge in [0.05, 0.1) is 10.2 Å². The van der Waals surface area contributed by atoms with Crippen LogP contribution >= 0.6 is 27.7 Å². The fourth-order valence-electron chi connectivity index (χ4n) is 2.62. The highest BCUT2D eigenvalue weighted by Crippen LogP contribution is 2.32. The normalized spacial score (nSPS) is 10.8. The lowest BCUT2D eigenvalue weighted by atomic mass is 10.2. The van der Waals surface area contributed by atoms with Gasteiger partial charge in [0.25, 0.3) is 11.1 Å². The van der Waals surface area contributed by atoms with Crippen LogP contribution in [0.4, 0.5) is 10.5 Å². The van der Waals surface area contributed by atoms with Crippen molar-refractivity contribution in [3.63, 3.8) is 0 Å². The Hall–Kier alpha value is -2.25. The van der Waals surface area contributed by atoms with E-state index in [1.54, 1.807) is 20.2 Å². The number of carbonyl (C=O) groups excluding carboxylic acids is 2. The van der Waals surface area contributed by atoms with Crippen LogP contribution in [0.2, 0.25) is 0 Å². The molecule has 0 aliphatic carbocycles. The minimum atomic E-state index is -0.235. The van der Waals surface area contributed by atoms with Crippen molar-refractivity contribution in [3.8, 4) is 0 Å². The van der Waals surface area contributed by atoms with Gasteiger partial charge in [0, 0.05) is 36.9 Å². The number of halogens is 1. The van der Waals surface area contributed by atoms with E-state index in [-0.39, 0.29) is 11.1 Å². The van der Waals surface area contributed by atoms with E-state index in [0.717, 1.165) is 27.1 Å². The number of benzene rings is 2. The average molecular weight is 432 g/mol. The lowest BCUT2D eigenvalue weighted by molar-refractivity contribution is 0.101. The zero-order valence-corrected chi connectivity index (χ0v) is 17.0. The van der Waals surface area contributed by atoms with Crippen molar-refractivity contribution in [3.05, 3.63) is 58.7 Å². The molecule has 5 nitrogen and oxygen atoms in total. The largest absolute Gasteiger partial charge is 0.339 e. The maximum absolute atomic E-state index is 12.9. The lowest BCUT2D eigenvalue weighted by Gasteiger charge is -2.13. The van der Waals surface area contributed by atoms with Crippen LogP contribution < -0.4 is 5.32 Å². The predicted molar refractivity (Wildman–Crippen MR) is 110 cm³/mol. The molecule has 0 aliphatic heterocycles. The Bertz CT molecular complexity index is 959. The fourth-order valence-corrected chi connectivity index (χ4v) is 4.15. The number of anilines is 1. The number of thioether (sulfide) groups is 1. The van der Waals surface area contributed by atoms with Gasteiger partial charge < -0.3 is 14.8 Å². The van der Waals surface area contributed by atoms with E-state index in [1.165, 1.54) is 4.90 Å². The quantitative estimate of drug-likeness (QED) is 0.595. The second kappa shape index (κ2) is 7.55. The van der Waals surface area contributed by atoms with Crippen LogP contribution in [-0.2, 0) is 7.05 Å². The molecule has 26 heavy (non-hydrogen) atoms. The van der Waals surface area contributed by atoms with E-state index >= 15 is 0 Å². The number of hydrogen-bond donors (Lipinski definition) is 1. The number of fused-ring (bicyclic) bond motifs is 1. The van der Waals surface area contributed by atoms with Gasteiger partial charge in [-0.2, -0.15) is 0 Å². The van der Waals surface area contributed by atoms with Gasteiger partial charge in [0.2, 0.25) is 0 Å². The third kappa shape index (κ3) is 3.50. The average Bonchev–Trinajstić information content (AvgIpc) is 2.88. The van der Waals surface area contributed by atoms with Crippen molar-refractivity contribution in [2.24, 2.45) is 7.05 Å². The molecule has 0 spiro atoms. The van der Waals surface area contributed by atoms with Gasteiger partial charge in [-0.15, -0.1) is 0 Å². The predicted octanol–water partition coefficient (Wildman–Crippen LogP) is 4.97. The van der Waals surface area contributed by atoms with Gasteiger partial charge in [0.1, 0.15) is 5.69 Å². The smallest absolute Gasteiger partial charge is 0.286 e. The molecule has 0 fully saturated rings. The SMILES string of the molecule is CN(C)C(=O)Sc1ccccc1NC(=O)c1c(Br)c2ccccc2n1C. The number of rotatable bonds is 3. The summed E-state index contributed by atoms with van der Waals surface area (Å²) in [7, 11) is 5.25. The molecule has 3 aromatic rings. The van der Waals surface area contributed by atoms with Crippen LogP contribution in [0.25, 0.3) is 10.9 Å². The van der Waals surface area contributed by atoms with Gasteiger partial charge in [-0.1, -0.05) is 30.3 Å². The number of aryl methyl sites for hydroxylation is 1. The number of amides is 2. The molecule has 0 atom stereocenters. The summed E-state index contributed by atoms with van der Waals surface area (Å²) in [5, 5.41) is 3.81. The Morgan fingerprint density at radius 2 is 1.73 bits per heavy atom. The molecule has 0 saturated heterocycles. The summed E-state index contributed by atoms with van der Waals surface area (Å²) in [4.78, 5) is 27.1. The van der Waals surface area contributed by atoms with Gasteiger partial charge in [-0.05, 0) is 45.9 Å². The summed E-state index contributed by atoms with van der Waals surface area (Å²) in [5.74, 6) is -0.235. The number of nitrogens with zero attached hydrogens (tertiary/aromatic N) is 2. The van der Waals surface area contributed by atoms with Gasteiger partial charge in [-0.25, -0.2) is 0 Å². The first kappa shape index (κ1) is 18.5. The zero-order valence-electron chi connectivity index (χ0n) is 14.6. The van der Waals surface area contributed by atoms with Crippen molar-refractivity contribution < 1.29 is 9.59 Å². The molecule has 0 radical (unpaired) electrons. The van der Waals surface area contributed by atoms with Crippen LogP contribution in [0.15, 0.2) is 57.9 Å². The molecule has 1 N–H and O–H groups in total. The minimum absolute atomic E-state index is 0.0996. The van der Waals surface area contributed by atoms with Crippen molar-refractivity contribution in [2.45, 2.75) is 4.90 Å². The van der Waals surface area contributed by atoms with Gasteiger partial charge in [-0.3, -0.25) is 9.59 Å². The Labute approximate surface area is 164 Å². The molecular weight excluding hydrogens is 414 g/mol. The third-order valence-electron chi connectivity index (χ3n) is 3.96. The number of hydrogen-bond acceptors (Lipinski definition) is 3. The van der Waals surface area contributed by atoms with Crippen LogP contribution in [0.1, 0.15) is 10.5 Å². The lowest BCUT2D eigenvalue weighted by Crippen LogP contribution is -2.18. The summed E-state index contributed by atoms with van der Waals surface area (Å²) < 4.78 is 2.61. The minimum Gasteiger partial charge on any atom is -0.339 e. The van der Waals surface area contributed by atoms with E-state index < -0.39 is 0 Å². The first-order valence-corrected chi connectivity index (χ1v) is 9.53. The summed E-state index contributed by atoms with van der Waals surface area (Å²) in [5.41, 5.74) is 2.11. The molecule has 1 aromatic heterocycles. The summed E-state index contributed by atoms with van der Waals surface area (Å²) in [6.45, 7) is 0. The van der Waals surface area contributed by atoms with E-state index in [4.69, 9.17) is 0 Å². The first-order chi connectivity index (χ1) is 12.4. The van der Waals surface area contributed by atoms with Gasteiger partial charge in [0.15, 0.2) is 0 Å². The number of carbonyl (C=O) groups is 2. The molecule has 2 aromatic carbocycles. The number of para-hydroxylation sites is 2. The van der Waals surface area contributed by atoms with Crippen LogP contribution in [0.5, 0.6) is 0 Å². The molecule has 0 unspecified atom stereocenters. The first-order valence-electron chi connectivity index (χ1n) is 7.92. The molecule has 0 aliphatic rings. The van der Waals surface area contributed by atoms with Crippen molar-refractivity contribution >= 4 is 55.4 Å². The van der Waals surface area contributed by atoms with Crippen LogP contribution in [-0.4, -0.2) is 34.7 Å². The molecule has 134 valence electrons. The summed E-state index contributed by atoms with van der Waals surface area (Å²) in [6, 6.07) is 15.1. The van der Waals surface area contributed by atoms with Gasteiger partial charge >= 0.3 is 0 Å². The van der Waals surface area contributed by atoms with E-state index in [0.29, 0.717) is 16.3 Å². The topological polar surface area (TPSA) is 54.3 Å². The van der Waals surface area contributed by atoms with E-state index in [9.17, 15) is 9.59 Å². The van der Waals surface area contributed by atoms with E-state index in [2.05, 4.69) is 21.2 Å². The third-order valence-corrected chi connectivity index (χ3v) is 5.88. The monoisotopic (exact) mass is 431 g/mol. The summed E-state index contributed by atoms with van der Waals surface area (Å²) in [6.07, 6.45) is 0. The standard InChI is InChI=1S/C19H18BrN3O2S/c1-22(2)19(25)26-15-11-7-5-9-13(15)21-18(24)17-16(20)12-8-4-6-10-14(12)23(17)3/h4-11H,1-3H3,(H,21,24). The Kier molecular flexibility index (Phi) is 5.38. The van der Waals surface area contributed by atoms with Crippen LogP contribution in [0.3, 0.4) is 0 Å². The maximum Gasteiger partial charge on any atom is 0.286 e. The fraction of sp³-hybridized carbons (Fsp3) is 0.158. The van der Waals surface area contributed by atoms with Crippen molar-refractivity contribution in [1.82, 2.24) is 9.47 Å². The second-order valence-corrected chi connectivity index (χ2v) is 7.74. The highest BCUT2D eigenvalue weighted by molar-refractivity contribution is 9.10.